The van der Waals surface area contributed by atoms with E-state index in [4.69, 9.17) is 0 Å². The van der Waals surface area contributed by atoms with Crippen molar-refractivity contribution in [3.63, 3.8) is 0 Å². The zero-order valence-electron chi connectivity index (χ0n) is 11.1. The Balaban J connectivity index is 0.000000791. The fourth-order valence-electron chi connectivity index (χ4n) is 2.11. The number of rotatable bonds is 0. The molecule has 0 heterocycles. The van der Waals surface area contributed by atoms with Crippen molar-refractivity contribution in [2.75, 3.05) is 0 Å². The zero-order valence-corrected chi connectivity index (χ0v) is 11.1. The van der Waals surface area contributed by atoms with Gasteiger partial charge in [-0.15, -0.1) is 0 Å². The van der Waals surface area contributed by atoms with Crippen LogP contribution in [0.15, 0.2) is 11.6 Å². The summed E-state index contributed by atoms with van der Waals surface area (Å²) in [5, 5.41) is 0. The van der Waals surface area contributed by atoms with Crippen LogP contribution in [0.1, 0.15) is 61.3 Å². The Morgan fingerprint density at radius 2 is 1.71 bits per heavy atom. The molecule has 0 heteroatoms. The molecule has 0 saturated heterocycles. The van der Waals surface area contributed by atoms with Crippen LogP contribution in [0.3, 0.4) is 0 Å². The molecule has 0 aromatic carbocycles. The van der Waals surface area contributed by atoms with E-state index in [0.29, 0.717) is 5.41 Å². The lowest BCUT2D eigenvalue weighted by molar-refractivity contribution is 0.240. The summed E-state index contributed by atoms with van der Waals surface area (Å²) in [5.74, 6) is 1.54. The van der Waals surface area contributed by atoms with Crippen LogP contribution in [-0.2, 0) is 0 Å². The van der Waals surface area contributed by atoms with Crippen LogP contribution in [0.5, 0.6) is 0 Å². The molecule has 0 nitrogen and oxygen atoms in total. The Labute approximate surface area is 90.8 Å². The first-order chi connectivity index (χ1) is 6.43. The molecule has 0 fully saturated rings. The van der Waals surface area contributed by atoms with Crippen molar-refractivity contribution in [2.24, 2.45) is 17.3 Å². The molecule has 0 radical (unpaired) electrons. The molecule has 1 rings (SSSR count). The molecule has 0 aliphatic heterocycles. The lowest BCUT2D eigenvalue weighted by atomic mass is 9.74. The van der Waals surface area contributed by atoms with Gasteiger partial charge in [0.2, 0.25) is 0 Å². The van der Waals surface area contributed by atoms with Gasteiger partial charge in [0.15, 0.2) is 0 Å². The summed E-state index contributed by atoms with van der Waals surface area (Å²) in [7, 11) is 0. The van der Waals surface area contributed by atoms with Crippen molar-refractivity contribution in [3.05, 3.63) is 11.6 Å². The summed E-state index contributed by atoms with van der Waals surface area (Å²) < 4.78 is 0. The molecular formula is C14H28. The van der Waals surface area contributed by atoms with Gasteiger partial charge in [0.25, 0.3) is 0 Å². The molecule has 0 N–H and O–H groups in total. The van der Waals surface area contributed by atoms with Crippen molar-refractivity contribution >= 4 is 0 Å². The molecule has 1 aliphatic carbocycles. The van der Waals surface area contributed by atoms with Gasteiger partial charge in [0, 0.05) is 0 Å². The zero-order chi connectivity index (χ0) is 11.4. The third-order valence-electron chi connectivity index (χ3n) is 3.65. The van der Waals surface area contributed by atoms with Gasteiger partial charge < -0.3 is 0 Å². The Kier molecular flexibility index (Phi) is 5.48. The molecule has 0 amide bonds. The van der Waals surface area contributed by atoms with Crippen LogP contribution < -0.4 is 0 Å². The van der Waals surface area contributed by atoms with Gasteiger partial charge in [-0.1, -0.05) is 53.2 Å². The molecule has 84 valence electrons. The summed E-state index contributed by atoms with van der Waals surface area (Å²) >= 11 is 0. The Morgan fingerprint density at radius 1 is 1.21 bits per heavy atom. The van der Waals surface area contributed by atoms with Gasteiger partial charge in [-0.2, -0.15) is 0 Å². The quantitative estimate of drug-likeness (QED) is 0.475. The van der Waals surface area contributed by atoms with Gasteiger partial charge in [-0.05, 0) is 37.0 Å². The van der Waals surface area contributed by atoms with Crippen molar-refractivity contribution in [1.82, 2.24) is 0 Å². The molecule has 0 saturated carbocycles. The second kappa shape index (κ2) is 5.58. The Morgan fingerprint density at radius 3 is 2.21 bits per heavy atom. The molecule has 2 atom stereocenters. The van der Waals surface area contributed by atoms with Crippen LogP contribution in [0.4, 0.5) is 0 Å². The van der Waals surface area contributed by atoms with E-state index >= 15 is 0 Å². The normalized spacial score (nSPS) is 30.9. The first-order valence-electron chi connectivity index (χ1n) is 6.12. The van der Waals surface area contributed by atoms with Crippen LogP contribution in [0.25, 0.3) is 0 Å². The predicted molar refractivity (Wildman–Crippen MR) is 66.4 cm³/mol. The third-order valence-corrected chi connectivity index (χ3v) is 3.65. The topological polar surface area (TPSA) is 0 Å². The summed E-state index contributed by atoms with van der Waals surface area (Å²) in [6, 6.07) is 0. The number of hydrogen-bond donors (Lipinski definition) is 0. The molecule has 0 aromatic rings. The smallest absolute Gasteiger partial charge is 0.0183 e. The first-order valence-corrected chi connectivity index (χ1v) is 6.12. The fourth-order valence-corrected chi connectivity index (χ4v) is 2.11. The number of hydrogen-bond acceptors (Lipinski definition) is 0. The van der Waals surface area contributed by atoms with E-state index in [-0.39, 0.29) is 0 Å². The average molecular weight is 196 g/mol. The Bertz CT molecular complexity index is 186. The minimum absolute atomic E-state index is 0.505. The van der Waals surface area contributed by atoms with Gasteiger partial charge in [0.1, 0.15) is 0 Å². The van der Waals surface area contributed by atoms with Crippen LogP contribution >= 0.6 is 0 Å². The van der Waals surface area contributed by atoms with Gasteiger partial charge in [-0.25, -0.2) is 0 Å². The van der Waals surface area contributed by atoms with Crippen molar-refractivity contribution in [2.45, 2.75) is 61.3 Å². The molecule has 0 aromatic heterocycles. The fraction of sp³-hybridized carbons (Fsp3) is 0.857. The SMILES string of the molecule is CC.CC1=CC(C)CCC(C)(C)C1C. The van der Waals surface area contributed by atoms with E-state index in [1.807, 2.05) is 13.8 Å². The Hall–Kier alpha value is -0.260. The van der Waals surface area contributed by atoms with E-state index < -0.39 is 0 Å². The highest BCUT2D eigenvalue weighted by Gasteiger charge is 2.29. The highest BCUT2D eigenvalue weighted by Crippen LogP contribution is 2.40. The minimum Gasteiger partial charge on any atom is -0.0825 e. The maximum absolute atomic E-state index is 2.46. The third kappa shape index (κ3) is 3.48. The molecule has 0 spiro atoms. The van der Waals surface area contributed by atoms with E-state index in [2.05, 4.69) is 40.7 Å². The summed E-state index contributed by atoms with van der Waals surface area (Å²) in [4.78, 5) is 0. The number of allylic oxidation sites excluding steroid dienone is 2. The highest BCUT2D eigenvalue weighted by molar-refractivity contribution is 5.10. The summed E-state index contributed by atoms with van der Waals surface area (Å²) in [6.07, 6.45) is 5.18. The van der Waals surface area contributed by atoms with E-state index in [1.165, 1.54) is 12.8 Å². The molecule has 14 heavy (non-hydrogen) atoms. The second-order valence-corrected chi connectivity index (χ2v) is 5.14. The largest absolute Gasteiger partial charge is 0.0825 e. The maximum Gasteiger partial charge on any atom is -0.0183 e. The molecular weight excluding hydrogens is 168 g/mol. The monoisotopic (exact) mass is 196 g/mol. The highest BCUT2D eigenvalue weighted by atomic mass is 14.3. The van der Waals surface area contributed by atoms with E-state index in [0.717, 1.165) is 11.8 Å². The van der Waals surface area contributed by atoms with E-state index in [9.17, 15) is 0 Å². The molecule has 1 aliphatic rings. The average Bonchev–Trinajstić information content (AvgIpc) is 2.23. The van der Waals surface area contributed by atoms with E-state index in [1.54, 1.807) is 5.57 Å². The first kappa shape index (κ1) is 13.7. The van der Waals surface area contributed by atoms with Crippen molar-refractivity contribution in [3.8, 4) is 0 Å². The van der Waals surface area contributed by atoms with Gasteiger partial charge in [0.05, 0.1) is 0 Å². The lowest BCUT2D eigenvalue weighted by Crippen LogP contribution is -2.21. The standard InChI is InChI=1S/C12H22.C2H6/c1-9-6-7-12(4,5)11(3)10(2)8-9;1-2/h8-9,11H,6-7H2,1-5H3;1-2H3. The molecule has 2 unspecified atom stereocenters. The van der Waals surface area contributed by atoms with Crippen LogP contribution in [0.2, 0.25) is 0 Å². The van der Waals surface area contributed by atoms with Gasteiger partial charge >= 0.3 is 0 Å². The molecule has 0 bridgehead atoms. The van der Waals surface area contributed by atoms with Crippen molar-refractivity contribution in [1.29, 1.82) is 0 Å². The van der Waals surface area contributed by atoms with Crippen molar-refractivity contribution < 1.29 is 0 Å². The van der Waals surface area contributed by atoms with Crippen LogP contribution in [0, 0.1) is 17.3 Å². The predicted octanol–water partition coefficient (Wildman–Crippen LogP) is 5.05. The second-order valence-electron chi connectivity index (χ2n) is 5.14. The maximum atomic E-state index is 2.46. The summed E-state index contributed by atoms with van der Waals surface area (Å²) in [6.45, 7) is 15.8. The van der Waals surface area contributed by atoms with Gasteiger partial charge in [-0.3, -0.25) is 0 Å². The van der Waals surface area contributed by atoms with Crippen LogP contribution in [-0.4, -0.2) is 0 Å². The lowest BCUT2D eigenvalue weighted by Gasteiger charge is -2.31. The minimum atomic E-state index is 0.505. The summed E-state index contributed by atoms with van der Waals surface area (Å²) in [5.41, 5.74) is 2.09.